The maximum absolute atomic E-state index is 12.1. The van der Waals surface area contributed by atoms with Gasteiger partial charge in [0.1, 0.15) is 11.6 Å². The maximum Gasteiger partial charge on any atom is 0.411 e. The molecule has 1 fully saturated rings. The van der Waals surface area contributed by atoms with Gasteiger partial charge < -0.3 is 14.8 Å². The van der Waals surface area contributed by atoms with Crippen LogP contribution in [-0.2, 0) is 19.1 Å². The normalized spacial score (nSPS) is 22.4. The van der Waals surface area contributed by atoms with Gasteiger partial charge in [0, 0.05) is 25.9 Å². The Morgan fingerprint density at radius 3 is 2.30 bits per heavy atom. The van der Waals surface area contributed by atoms with E-state index in [-0.39, 0.29) is 18.5 Å². The van der Waals surface area contributed by atoms with Crippen molar-refractivity contribution in [1.29, 1.82) is 0 Å². The van der Waals surface area contributed by atoms with Crippen LogP contribution in [0.25, 0.3) is 0 Å². The number of esters is 1. The molecule has 7 heteroatoms. The van der Waals surface area contributed by atoms with E-state index in [1.807, 2.05) is 0 Å². The molecule has 0 aromatic carbocycles. The first kappa shape index (κ1) is 16.3. The molecule has 1 aliphatic rings. The van der Waals surface area contributed by atoms with Gasteiger partial charge in [0.05, 0.1) is 7.11 Å². The quantitative estimate of drug-likeness (QED) is 0.754. The molecule has 0 aromatic heterocycles. The third kappa shape index (κ3) is 4.40. The highest BCUT2D eigenvalue weighted by Crippen LogP contribution is 2.22. The second-order valence-electron chi connectivity index (χ2n) is 5.80. The van der Waals surface area contributed by atoms with E-state index in [2.05, 4.69) is 5.32 Å². The number of likely N-dealkylation sites (tertiary alicyclic amines) is 1. The molecule has 0 aromatic rings. The number of hydrogen-bond acceptors (Lipinski definition) is 5. The molecular formula is C13H22N2O5. The van der Waals surface area contributed by atoms with Crippen LogP contribution in [0.1, 0.15) is 34.1 Å². The minimum Gasteiger partial charge on any atom is -0.467 e. The standard InChI is InChI=1S/C13H22N2O5/c1-8(16)14-9-6-10(11(17)19-5)15(7-9)12(18)20-13(2,3)4/h9-10H,6-7H2,1-5H3,(H,14,16)/t9-,10-/m0/s1. The molecule has 20 heavy (non-hydrogen) atoms. The second kappa shape index (κ2) is 6.11. The number of hydrogen-bond donors (Lipinski definition) is 1. The summed E-state index contributed by atoms with van der Waals surface area (Å²) in [6, 6.07) is -1.00. The highest BCUT2D eigenvalue weighted by atomic mass is 16.6. The van der Waals surface area contributed by atoms with Crippen molar-refractivity contribution in [2.24, 2.45) is 0 Å². The molecule has 1 rings (SSSR count). The van der Waals surface area contributed by atoms with Crippen molar-refractivity contribution in [2.75, 3.05) is 13.7 Å². The fourth-order valence-electron chi connectivity index (χ4n) is 2.11. The monoisotopic (exact) mass is 286 g/mol. The van der Waals surface area contributed by atoms with E-state index >= 15 is 0 Å². The van der Waals surface area contributed by atoms with E-state index in [0.717, 1.165) is 0 Å². The Morgan fingerprint density at radius 2 is 1.85 bits per heavy atom. The van der Waals surface area contributed by atoms with Crippen molar-refractivity contribution in [3.63, 3.8) is 0 Å². The molecule has 1 saturated heterocycles. The minimum atomic E-state index is -0.730. The van der Waals surface area contributed by atoms with E-state index in [1.54, 1.807) is 20.8 Å². The van der Waals surface area contributed by atoms with Crippen LogP contribution in [0, 0.1) is 0 Å². The first-order valence-corrected chi connectivity index (χ1v) is 6.48. The Morgan fingerprint density at radius 1 is 1.25 bits per heavy atom. The number of ether oxygens (including phenoxy) is 2. The zero-order chi connectivity index (χ0) is 15.5. The molecule has 0 unspecified atom stereocenters. The third-order valence-electron chi connectivity index (χ3n) is 2.81. The van der Waals surface area contributed by atoms with Gasteiger partial charge in [-0.2, -0.15) is 0 Å². The molecule has 7 nitrogen and oxygen atoms in total. The molecule has 0 saturated carbocycles. The number of carbonyl (C=O) groups is 3. The summed E-state index contributed by atoms with van der Waals surface area (Å²) in [7, 11) is 1.27. The summed E-state index contributed by atoms with van der Waals surface area (Å²) in [6.45, 7) is 6.87. The lowest BCUT2D eigenvalue weighted by molar-refractivity contribution is -0.145. The van der Waals surface area contributed by atoms with Crippen LogP contribution in [0.5, 0.6) is 0 Å². The Bertz CT molecular complexity index is 402. The van der Waals surface area contributed by atoms with E-state index in [4.69, 9.17) is 9.47 Å². The molecule has 1 heterocycles. The lowest BCUT2D eigenvalue weighted by atomic mass is 10.1. The van der Waals surface area contributed by atoms with Crippen LogP contribution in [-0.4, -0.2) is 54.2 Å². The van der Waals surface area contributed by atoms with Gasteiger partial charge in [0.15, 0.2) is 0 Å². The summed E-state index contributed by atoms with van der Waals surface area (Å²) in [5.74, 6) is -0.714. The smallest absolute Gasteiger partial charge is 0.411 e. The Labute approximate surface area is 118 Å². The minimum absolute atomic E-state index is 0.204. The number of nitrogens with zero attached hydrogens (tertiary/aromatic N) is 1. The Balaban J connectivity index is 2.81. The van der Waals surface area contributed by atoms with Gasteiger partial charge in [-0.25, -0.2) is 9.59 Å². The average molecular weight is 286 g/mol. The average Bonchev–Trinajstić information content (AvgIpc) is 2.68. The van der Waals surface area contributed by atoms with Crippen LogP contribution in [0.15, 0.2) is 0 Å². The van der Waals surface area contributed by atoms with Gasteiger partial charge in [-0.3, -0.25) is 9.69 Å². The summed E-state index contributed by atoms with van der Waals surface area (Å²) in [5.41, 5.74) is -0.649. The summed E-state index contributed by atoms with van der Waals surface area (Å²) in [4.78, 5) is 36.2. The van der Waals surface area contributed by atoms with Crippen molar-refractivity contribution >= 4 is 18.0 Å². The van der Waals surface area contributed by atoms with Gasteiger partial charge in [-0.15, -0.1) is 0 Å². The van der Waals surface area contributed by atoms with E-state index < -0.39 is 23.7 Å². The van der Waals surface area contributed by atoms with Crippen molar-refractivity contribution in [3.8, 4) is 0 Å². The van der Waals surface area contributed by atoms with E-state index in [0.29, 0.717) is 6.42 Å². The molecule has 2 amide bonds. The first-order chi connectivity index (χ1) is 9.14. The molecule has 0 spiro atoms. The largest absolute Gasteiger partial charge is 0.467 e. The van der Waals surface area contributed by atoms with Crippen LogP contribution in [0.4, 0.5) is 4.79 Å². The highest BCUT2D eigenvalue weighted by Gasteiger charge is 2.42. The Kier molecular flexibility index (Phi) is 4.97. The molecule has 1 aliphatic heterocycles. The van der Waals surface area contributed by atoms with Crippen LogP contribution in [0.2, 0.25) is 0 Å². The van der Waals surface area contributed by atoms with Crippen molar-refractivity contribution in [2.45, 2.75) is 51.8 Å². The number of amides is 2. The van der Waals surface area contributed by atoms with Gasteiger partial charge in [-0.05, 0) is 20.8 Å². The van der Waals surface area contributed by atoms with Gasteiger partial charge in [-0.1, -0.05) is 0 Å². The molecular weight excluding hydrogens is 264 g/mol. The number of nitrogens with one attached hydrogen (secondary N) is 1. The second-order valence-corrected chi connectivity index (χ2v) is 5.80. The molecule has 1 N–H and O–H groups in total. The lowest BCUT2D eigenvalue weighted by Gasteiger charge is -2.27. The van der Waals surface area contributed by atoms with Crippen LogP contribution in [0.3, 0.4) is 0 Å². The summed E-state index contributed by atoms with van der Waals surface area (Å²) < 4.78 is 9.96. The summed E-state index contributed by atoms with van der Waals surface area (Å²) >= 11 is 0. The molecule has 114 valence electrons. The third-order valence-corrected chi connectivity index (χ3v) is 2.81. The van der Waals surface area contributed by atoms with Gasteiger partial charge >= 0.3 is 12.1 Å². The fraction of sp³-hybridized carbons (Fsp3) is 0.769. The first-order valence-electron chi connectivity index (χ1n) is 6.48. The van der Waals surface area contributed by atoms with Crippen LogP contribution >= 0.6 is 0 Å². The molecule has 0 bridgehead atoms. The van der Waals surface area contributed by atoms with Gasteiger partial charge in [0.2, 0.25) is 5.91 Å². The maximum atomic E-state index is 12.1. The number of methoxy groups -OCH3 is 1. The number of rotatable bonds is 2. The van der Waals surface area contributed by atoms with Crippen molar-refractivity contribution in [3.05, 3.63) is 0 Å². The topological polar surface area (TPSA) is 84.9 Å². The number of carbonyl (C=O) groups excluding carboxylic acids is 3. The fourth-order valence-corrected chi connectivity index (χ4v) is 2.11. The van der Waals surface area contributed by atoms with Crippen LogP contribution < -0.4 is 5.32 Å². The summed E-state index contributed by atoms with van der Waals surface area (Å²) in [6.07, 6.45) is -0.258. The zero-order valence-electron chi connectivity index (χ0n) is 12.6. The lowest BCUT2D eigenvalue weighted by Crippen LogP contribution is -2.44. The van der Waals surface area contributed by atoms with Crippen molar-refractivity contribution < 1.29 is 23.9 Å². The van der Waals surface area contributed by atoms with Gasteiger partial charge in [0.25, 0.3) is 0 Å². The highest BCUT2D eigenvalue weighted by molar-refractivity contribution is 5.83. The predicted molar refractivity (Wildman–Crippen MR) is 71.0 cm³/mol. The molecule has 0 aliphatic carbocycles. The SMILES string of the molecule is COC(=O)[C@@H]1C[C@H](NC(C)=O)CN1C(=O)OC(C)(C)C. The zero-order valence-corrected chi connectivity index (χ0v) is 12.6. The molecule has 0 radical (unpaired) electrons. The predicted octanol–water partition coefficient (Wildman–Crippen LogP) is 0.673. The summed E-state index contributed by atoms with van der Waals surface area (Å²) in [5, 5.41) is 2.70. The van der Waals surface area contributed by atoms with Crippen molar-refractivity contribution in [1.82, 2.24) is 10.2 Å². The Hall–Kier alpha value is -1.79. The molecule has 2 atom stereocenters. The van der Waals surface area contributed by atoms with E-state index in [1.165, 1.54) is 18.9 Å². The van der Waals surface area contributed by atoms with E-state index in [9.17, 15) is 14.4 Å².